The molecule has 30 atom stereocenters. The van der Waals surface area contributed by atoms with Crippen molar-refractivity contribution in [3.8, 4) is 0 Å². The minimum atomic E-state index is -2.06. The van der Waals surface area contributed by atoms with Crippen molar-refractivity contribution in [3.63, 3.8) is 0 Å². The Bertz CT molecular complexity index is 1590. The largest absolute Gasteiger partial charge is 0.670 e. The number of nitrogens with one attached hydrogen (secondary N) is 2. The van der Waals surface area contributed by atoms with Crippen LogP contribution < -0.4 is 0 Å². The van der Waals surface area contributed by atoms with Crippen LogP contribution in [0.5, 0.6) is 0 Å². The van der Waals surface area contributed by atoms with E-state index in [0.717, 1.165) is 0 Å². The van der Waals surface area contributed by atoms with Gasteiger partial charge in [-0.2, -0.15) is 0 Å². The van der Waals surface area contributed by atoms with Gasteiger partial charge in [0, 0.05) is 94.2 Å². The third-order valence-corrected chi connectivity index (χ3v) is 13.3. The van der Waals surface area contributed by atoms with E-state index in [1.54, 1.807) is 20.8 Å². The van der Waals surface area contributed by atoms with Crippen LogP contribution in [-0.2, 0) is 52.1 Å². The van der Waals surface area contributed by atoms with Crippen LogP contribution in [0.15, 0.2) is 0 Å². The maximum Gasteiger partial charge on any atom is 0.187 e. The van der Waals surface area contributed by atoms with Gasteiger partial charge < -0.3 is 140 Å². The summed E-state index contributed by atoms with van der Waals surface area (Å²) in [5.74, 6) is 0. The van der Waals surface area contributed by atoms with Crippen molar-refractivity contribution >= 4 is 0 Å². The SMILES string of the molecule is CC1OC(OC2[C@H](O[C@H]3C(CO)O[C@@H](O[C@@H]4C(O)[C@H](O[C@@H]5C([NH-])C(C(C)(C)C)OC(CO)[C@@H]5O)OC(CO)[C@@H]4O)C([NH-])[C@H]3O[C@H]3OC(C)[C@@H](O)[C@@H](O)C3O)OC(CO)[C@H](O)[C@@H]2O)[C@@H](O)C(O)[C@H]1O.[Ac].[Ac]. The maximum atomic E-state index is 11.7. The van der Waals surface area contributed by atoms with Gasteiger partial charge in [-0.15, -0.1) is 0 Å². The standard InChI is InChI=1S/C40H70N2O26.2Ac/c1-10-18(47)23(52)26(55)36(58-10)66-31-17(42)35(67-32-22(51)14(8-45)61-38(28(32)57)65-30-16(41)34(40(3,4)5)60-13(7-44)21(30)50)63-15(9-46)29(31)64-39-33(25(54)20(49)12(6-43)62-39)68-37-27(56)24(53)19(48)11(2)59-37;;/h10-39,41-57H,6-9H2,1-5H3;;/q-2;;/t10?,11?,12?,13?,14?,15?,16?,17?,18-,19+,20+,21+,22+,23-,24?,25+,26?,27+,28?,29+,30-,31-,32+,33?,34?,35+,36-,37?,38+,39+;;/m1../s1. The molecule has 0 aromatic carbocycles. The fourth-order valence-electron chi connectivity index (χ4n) is 9.17. The number of hydrogen-bond donors (Lipinski definition) is 15. The van der Waals surface area contributed by atoms with E-state index >= 15 is 0 Å². The Morgan fingerprint density at radius 2 is 0.743 bits per heavy atom. The second-order valence-electron chi connectivity index (χ2n) is 19.2. The van der Waals surface area contributed by atoms with Crippen LogP contribution in [0, 0.1) is 93.5 Å². The van der Waals surface area contributed by atoms with E-state index < -0.39 is 216 Å². The monoisotopic (exact) mass is 1450 g/mol. The number of hydrogen-bond acceptors (Lipinski definition) is 26. The summed E-state index contributed by atoms with van der Waals surface area (Å²) in [7, 11) is 0. The predicted molar refractivity (Wildman–Crippen MR) is 218 cm³/mol. The molecule has 0 saturated carbocycles. The fraction of sp³-hybridized carbons (Fsp3) is 1.00. The van der Waals surface area contributed by atoms with Crippen LogP contribution in [-0.4, -0.2) is 287 Å². The van der Waals surface area contributed by atoms with E-state index in [2.05, 4.69) is 0 Å². The van der Waals surface area contributed by atoms with Crippen LogP contribution in [0.25, 0.3) is 11.5 Å². The molecule has 0 aromatic heterocycles. The number of aliphatic hydroxyl groups is 15. The van der Waals surface area contributed by atoms with Crippen molar-refractivity contribution in [2.75, 3.05) is 26.4 Å². The summed E-state index contributed by atoms with van der Waals surface area (Å²) >= 11 is 0. The minimum absolute atomic E-state index is 0. The van der Waals surface area contributed by atoms with E-state index in [4.69, 9.17) is 57.8 Å². The zero-order valence-electron chi connectivity index (χ0n) is 39.0. The van der Waals surface area contributed by atoms with Gasteiger partial charge in [-0.1, -0.05) is 32.9 Å². The first-order valence-electron chi connectivity index (χ1n) is 22.4. The molecule has 30 heteroatoms. The first-order chi connectivity index (χ1) is 31.9. The second kappa shape index (κ2) is 27.1. The van der Waals surface area contributed by atoms with Gasteiger partial charge in [0.15, 0.2) is 25.2 Å². The van der Waals surface area contributed by atoms with Gasteiger partial charge in [0.1, 0.15) is 116 Å². The average Bonchev–Trinajstić information content (AvgIpc) is 3.29. The third-order valence-electron chi connectivity index (χ3n) is 13.3. The molecule has 0 aliphatic carbocycles. The average molecular weight is 1450 g/mol. The minimum Gasteiger partial charge on any atom is -0.670 e. The number of ether oxygens (including phenoxy) is 11. The fourth-order valence-corrected chi connectivity index (χ4v) is 9.17. The van der Waals surface area contributed by atoms with Gasteiger partial charge in [0.05, 0.1) is 50.8 Å². The Morgan fingerprint density at radius 3 is 1.24 bits per heavy atom. The van der Waals surface area contributed by atoms with Gasteiger partial charge in [-0.25, -0.2) is 0 Å². The van der Waals surface area contributed by atoms with Crippen molar-refractivity contribution in [1.82, 2.24) is 0 Å². The van der Waals surface area contributed by atoms with E-state index in [0.29, 0.717) is 0 Å². The van der Waals surface area contributed by atoms with E-state index in [9.17, 15) is 82.3 Å². The van der Waals surface area contributed by atoms with Crippen LogP contribution in [0.4, 0.5) is 0 Å². The zero-order valence-corrected chi connectivity index (χ0v) is 48.5. The molecule has 6 aliphatic rings. The quantitative estimate of drug-likeness (QED) is 0.0768. The Kier molecular flexibility index (Phi) is 24.9. The molecule has 6 fully saturated rings. The Hall–Kier alpha value is 1.76. The molecule has 17 N–H and O–H groups in total. The summed E-state index contributed by atoms with van der Waals surface area (Å²) in [6, 6.07) is -3.34. The molecule has 404 valence electrons. The van der Waals surface area contributed by atoms with Gasteiger partial charge in [-0.3, -0.25) is 0 Å². The topological polar surface area (TPSA) is 453 Å². The summed E-state index contributed by atoms with van der Waals surface area (Å²) in [4.78, 5) is 0. The molecule has 0 amide bonds. The number of aliphatic hydroxyl groups excluding tert-OH is 15. The van der Waals surface area contributed by atoms with Crippen LogP contribution in [0.2, 0.25) is 0 Å². The Morgan fingerprint density at radius 1 is 0.357 bits per heavy atom. The van der Waals surface area contributed by atoms with Crippen LogP contribution in [0.1, 0.15) is 34.6 Å². The molecule has 6 aliphatic heterocycles. The van der Waals surface area contributed by atoms with E-state index in [-0.39, 0.29) is 88.1 Å². The summed E-state index contributed by atoms with van der Waals surface area (Å²) in [6.45, 7) is 4.35. The van der Waals surface area contributed by atoms with Crippen molar-refractivity contribution in [2.24, 2.45) is 5.41 Å². The van der Waals surface area contributed by atoms with Crippen molar-refractivity contribution in [2.45, 2.75) is 219 Å². The first kappa shape index (κ1) is 64.3. The molecule has 70 heavy (non-hydrogen) atoms. The van der Waals surface area contributed by atoms with Gasteiger partial charge in [0.2, 0.25) is 0 Å². The smallest absolute Gasteiger partial charge is 0.187 e. The molecule has 6 rings (SSSR count). The Labute approximate surface area is 474 Å². The third kappa shape index (κ3) is 13.6. The number of rotatable bonds is 14. The molecule has 6 heterocycles. The summed E-state index contributed by atoms with van der Waals surface area (Å²) in [5.41, 5.74) is 17.6. The van der Waals surface area contributed by atoms with Crippen molar-refractivity contribution < 1.29 is 217 Å². The molecule has 2 radical (unpaired) electrons. The normalized spacial score (nSPS) is 51.5. The molecule has 28 nitrogen and oxygen atoms in total. The van der Waals surface area contributed by atoms with Gasteiger partial charge in [-0.05, 0) is 19.3 Å². The predicted octanol–water partition coefficient (Wildman–Crippen LogP) is -7.83. The van der Waals surface area contributed by atoms with Crippen LogP contribution >= 0.6 is 0 Å². The van der Waals surface area contributed by atoms with Gasteiger partial charge in [0.25, 0.3) is 0 Å². The van der Waals surface area contributed by atoms with E-state index in [1.807, 2.05) is 0 Å². The summed E-state index contributed by atoms with van der Waals surface area (Å²) in [5, 5.41) is 161. The molecular weight excluding hydrogens is 1380 g/mol. The molecule has 0 spiro atoms. The second-order valence-corrected chi connectivity index (χ2v) is 19.2. The summed E-state index contributed by atoms with van der Waals surface area (Å²) in [6.07, 6.45) is -48.6. The summed E-state index contributed by atoms with van der Waals surface area (Å²) < 4.78 is 64.6. The molecular formula is C40H70Ac2N2O26-2. The molecule has 6 saturated heterocycles. The Balaban J connectivity index is 0.00000533. The van der Waals surface area contributed by atoms with Gasteiger partial charge >= 0.3 is 0 Å². The molecule has 14 unspecified atom stereocenters. The van der Waals surface area contributed by atoms with Crippen molar-refractivity contribution in [1.29, 1.82) is 0 Å². The zero-order chi connectivity index (χ0) is 50.4. The van der Waals surface area contributed by atoms with E-state index in [1.165, 1.54) is 13.8 Å². The maximum absolute atomic E-state index is 11.7. The first-order valence-corrected chi connectivity index (χ1v) is 22.4. The van der Waals surface area contributed by atoms with Crippen LogP contribution in [0.3, 0.4) is 0 Å². The van der Waals surface area contributed by atoms with Crippen molar-refractivity contribution in [3.05, 3.63) is 11.5 Å². The molecule has 0 aromatic rings. The molecule has 0 bridgehead atoms.